The average Bonchev–Trinajstić information content (AvgIpc) is 2.40. The molecule has 1 aliphatic heterocycles. The number of nitrogens with zero attached hydrogens (tertiary/aromatic N) is 1. The zero-order valence-corrected chi connectivity index (χ0v) is 11.4. The molecule has 2 fully saturated rings. The van der Waals surface area contributed by atoms with Crippen LogP contribution in [0.1, 0.15) is 44.9 Å². The molecule has 0 aromatic heterocycles. The van der Waals surface area contributed by atoms with Crippen molar-refractivity contribution in [3.63, 3.8) is 0 Å². The van der Waals surface area contributed by atoms with Gasteiger partial charge in [0.15, 0.2) is 0 Å². The highest BCUT2D eigenvalue weighted by Gasteiger charge is 2.35. The number of carbonyl (C=O) groups excluding carboxylic acids is 1. The van der Waals surface area contributed by atoms with Gasteiger partial charge in [0.1, 0.15) is 0 Å². The number of carbonyl (C=O) groups is 1. The monoisotopic (exact) mass is 254 g/mol. The third kappa shape index (κ3) is 3.23. The Hall–Kier alpha value is -0.610. The maximum absolute atomic E-state index is 11.6. The lowest BCUT2D eigenvalue weighted by Crippen LogP contribution is -2.51. The minimum absolute atomic E-state index is 0.0900. The Morgan fingerprint density at radius 3 is 2.67 bits per heavy atom. The zero-order valence-electron chi connectivity index (χ0n) is 11.4. The molecule has 1 aliphatic carbocycles. The van der Waals surface area contributed by atoms with E-state index in [9.17, 15) is 9.90 Å². The zero-order chi connectivity index (χ0) is 13.0. The molecular weight excluding hydrogens is 228 g/mol. The summed E-state index contributed by atoms with van der Waals surface area (Å²) in [4.78, 5) is 13.9. The van der Waals surface area contributed by atoms with Gasteiger partial charge >= 0.3 is 0 Å². The SMILES string of the molecule is CNC(=O)CN1CCCCC1C1CCCCC1O. The molecule has 18 heavy (non-hydrogen) atoms. The van der Waals surface area contributed by atoms with Gasteiger partial charge in [0, 0.05) is 19.0 Å². The van der Waals surface area contributed by atoms with Crippen LogP contribution >= 0.6 is 0 Å². The first-order valence-corrected chi connectivity index (χ1v) is 7.35. The Bertz CT molecular complexity index is 283. The minimum Gasteiger partial charge on any atom is -0.393 e. The van der Waals surface area contributed by atoms with Gasteiger partial charge in [-0.15, -0.1) is 0 Å². The number of amides is 1. The van der Waals surface area contributed by atoms with E-state index < -0.39 is 0 Å². The van der Waals surface area contributed by atoms with Crippen molar-refractivity contribution in [2.45, 2.75) is 57.1 Å². The van der Waals surface area contributed by atoms with Crippen molar-refractivity contribution < 1.29 is 9.90 Å². The fourth-order valence-corrected chi connectivity index (χ4v) is 3.55. The molecule has 0 bridgehead atoms. The molecule has 0 aromatic rings. The predicted molar refractivity (Wildman–Crippen MR) is 71.2 cm³/mol. The number of likely N-dealkylation sites (N-methyl/N-ethyl adjacent to an activating group) is 1. The van der Waals surface area contributed by atoms with E-state index in [4.69, 9.17) is 0 Å². The topological polar surface area (TPSA) is 52.6 Å². The number of hydrogen-bond acceptors (Lipinski definition) is 3. The summed E-state index contributed by atoms with van der Waals surface area (Å²) < 4.78 is 0. The van der Waals surface area contributed by atoms with Crippen molar-refractivity contribution in [1.29, 1.82) is 0 Å². The Balaban J connectivity index is 1.99. The van der Waals surface area contributed by atoms with Crippen molar-refractivity contribution in [1.82, 2.24) is 10.2 Å². The molecule has 1 saturated heterocycles. The van der Waals surface area contributed by atoms with Gasteiger partial charge in [-0.05, 0) is 32.2 Å². The number of aliphatic hydroxyl groups excluding tert-OH is 1. The molecule has 0 radical (unpaired) electrons. The highest BCUT2D eigenvalue weighted by Crippen LogP contribution is 2.33. The number of piperidine rings is 1. The van der Waals surface area contributed by atoms with E-state index in [0.29, 0.717) is 18.5 Å². The van der Waals surface area contributed by atoms with Crippen LogP contribution in [0.3, 0.4) is 0 Å². The van der Waals surface area contributed by atoms with E-state index in [2.05, 4.69) is 10.2 Å². The van der Waals surface area contributed by atoms with Gasteiger partial charge in [0.2, 0.25) is 5.91 Å². The van der Waals surface area contributed by atoms with Gasteiger partial charge in [0.05, 0.1) is 12.6 Å². The lowest BCUT2D eigenvalue weighted by molar-refractivity contribution is -0.123. The van der Waals surface area contributed by atoms with Crippen molar-refractivity contribution >= 4 is 5.91 Å². The molecule has 3 atom stereocenters. The fraction of sp³-hybridized carbons (Fsp3) is 0.929. The summed E-state index contributed by atoms with van der Waals surface area (Å²) in [5, 5.41) is 12.9. The lowest BCUT2D eigenvalue weighted by atomic mass is 9.78. The molecule has 2 aliphatic rings. The van der Waals surface area contributed by atoms with Crippen molar-refractivity contribution in [3.8, 4) is 0 Å². The summed E-state index contributed by atoms with van der Waals surface area (Å²) in [6.07, 6.45) is 7.83. The fourth-order valence-electron chi connectivity index (χ4n) is 3.55. The summed E-state index contributed by atoms with van der Waals surface area (Å²) in [5.74, 6) is 0.468. The van der Waals surface area contributed by atoms with E-state index in [1.54, 1.807) is 7.05 Å². The van der Waals surface area contributed by atoms with Gasteiger partial charge in [-0.3, -0.25) is 9.69 Å². The Morgan fingerprint density at radius 1 is 1.22 bits per heavy atom. The maximum Gasteiger partial charge on any atom is 0.233 e. The standard InChI is InChI=1S/C14H26N2O2/c1-15-14(18)10-16-9-5-4-7-12(16)11-6-2-3-8-13(11)17/h11-13,17H,2-10H2,1H3,(H,15,18). The van der Waals surface area contributed by atoms with Crippen LogP contribution in [0.15, 0.2) is 0 Å². The predicted octanol–water partition coefficient (Wildman–Crippen LogP) is 1.14. The van der Waals surface area contributed by atoms with Crippen LogP contribution < -0.4 is 5.32 Å². The summed E-state index contributed by atoms with van der Waals surface area (Å²) in [6, 6.07) is 0.409. The maximum atomic E-state index is 11.6. The van der Waals surface area contributed by atoms with Crippen molar-refractivity contribution in [2.24, 2.45) is 5.92 Å². The van der Waals surface area contributed by atoms with Gasteiger partial charge in [0.25, 0.3) is 0 Å². The number of likely N-dealkylation sites (tertiary alicyclic amines) is 1. The first kappa shape index (κ1) is 13.8. The number of rotatable bonds is 3. The van der Waals surface area contributed by atoms with Crippen LogP contribution in [0.2, 0.25) is 0 Å². The highest BCUT2D eigenvalue weighted by atomic mass is 16.3. The van der Waals surface area contributed by atoms with Crippen LogP contribution in [-0.2, 0) is 4.79 Å². The van der Waals surface area contributed by atoms with Gasteiger partial charge in [-0.2, -0.15) is 0 Å². The van der Waals surface area contributed by atoms with Crippen molar-refractivity contribution in [2.75, 3.05) is 20.1 Å². The third-order valence-electron chi connectivity index (χ3n) is 4.57. The smallest absolute Gasteiger partial charge is 0.233 e. The first-order valence-electron chi connectivity index (χ1n) is 7.35. The summed E-state index contributed by atoms with van der Waals surface area (Å²) in [5.41, 5.74) is 0. The quantitative estimate of drug-likeness (QED) is 0.794. The van der Waals surface area contributed by atoms with Crippen LogP contribution in [0.25, 0.3) is 0 Å². The molecule has 1 amide bonds. The first-order chi connectivity index (χ1) is 8.72. The molecule has 4 nitrogen and oxygen atoms in total. The second-order valence-corrected chi connectivity index (χ2v) is 5.72. The third-order valence-corrected chi connectivity index (χ3v) is 4.57. The summed E-state index contributed by atoms with van der Waals surface area (Å²) in [6.45, 7) is 1.49. The van der Waals surface area contributed by atoms with Crippen LogP contribution in [-0.4, -0.2) is 48.2 Å². The molecule has 0 aromatic carbocycles. The molecule has 1 heterocycles. The Kier molecular flexibility index (Phi) is 5.01. The highest BCUT2D eigenvalue weighted by molar-refractivity contribution is 5.77. The second kappa shape index (κ2) is 6.53. The van der Waals surface area contributed by atoms with E-state index in [0.717, 1.165) is 32.2 Å². The van der Waals surface area contributed by atoms with Crippen LogP contribution in [0, 0.1) is 5.92 Å². The molecule has 2 N–H and O–H groups in total. The lowest BCUT2D eigenvalue weighted by Gasteiger charge is -2.43. The van der Waals surface area contributed by atoms with Gasteiger partial charge in [-0.1, -0.05) is 19.3 Å². The largest absolute Gasteiger partial charge is 0.393 e. The van der Waals surface area contributed by atoms with Crippen LogP contribution in [0.4, 0.5) is 0 Å². The van der Waals surface area contributed by atoms with Crippen LogP contribution in [0.5, 0.6) is 0 Å². The molecule has 4 heteroatoms. The van der Waals surface area contributed by atoms with E-state index in [1.807, 2.05) is 0 Å². The molecule has 0 spiro atoms. The molecule has 1 saturated carbocycles. The normalized spacial score (nSPS) is 34.2. The molecule has 2 rings (SSSR count). The molecular formula is C14H26N2O2. The average molecular weight is 254 g/mol. The van der Waals surface area contributed by atoms with E-state index in [1.165, 1.54) is 19.3 Å². The molecule has 3 unspecified atom stereocenters. The van der Waals surface area contributed by atoms with Gasteiger partial charge in [-0.25, -0.2) is 0 Å². The molecule has 104 valence electrons. The second-order valence-electron chi connectivity index (χ2n) is 5.72. The van der Waals surface area contributed by atoms with E-state index >= 15 is 0 Å². The Morgan fingerprint density at radius 2 is 1.94 bits per heavy atom. The number of hydrogen-bond donors (Lipinski definition) is 2. The number of aliphatic hydroxyl groups is 1. The minimum atomic E-state index is -0.158. The number of nitrogens with one attached hydrogen (secondary N) is 1. The summed E-state index contributed by atoms with van der Waals surface area (Å²) in [7, 11) is 1.69. The van der Waals surface area contributed by atoms with E-state index in [-0.39, 0.29) is 12.0 Å². The van der Waals surface area contributed by atoms with Gasteiger partial charge < -0.3 is 10.4 Å². The summed E-state index contributed by atoms with van der Waals surface area (Å²) >= 11 is 0. The van der Waals surface area contributed by atoms with Crippen molar-refractivity contribution in [3.05, 3.63) is 0 Å². The Labute approximate surface area is 110 Å².